The van der Waals surface area contributed by atoms with Crippen LogP contribution < -0.4 is 5.32 Å². The highest BCUT2D eigenvalue weighted by Crippen LogP contribution is 2.33. The van der Waals surface area contributed by atoms with E-state index < -0.39 is 0 Å². The first kappa shape index (κ1) is 24.4. The maximum Gasteiger partial charge on any atom is 0.323 e. The molecule has 29 heavy (non-hydrogen) atoms. The van der Waals surface area contributed by atoms with Crippen molar-refractivity contribution < 1.29 is 14.9 Å². The van der Waals surface area contributed by atoms with E-state index >= 15 is 0 Å². The molecule has 6 nitrogen and oxygen atoms in total. The van der Waals surface area contributed by atoms with Crippen molar-refractivity contribution in [2.24, 2.45) is 17.8 Å². The number of nitrogens with zero attached hydrogens (tertiary/aromatic N) is 2. The molecule has 0 aromatic carbocycles. The molecule has 8 heteroatoms. The van der Waals surface area contributed by atoms with Gasteiger partial charge in [-0.15, -0.1) is 11.8 Å². The first-order valence-corrected chi connectivity index (χ1v) is 12.6. The van der Waals surface area contributed by atoms with Gasteiger partial charge in [0, 0.05) is 18.3 Å². The topological polar surface area (TPSA) is 74.7 Å². The van der Waals surface area contributed by atoms with Gasteiger partial charge in [0.1, 0.15) is 0 Å². The molecule has 1 aromatic rings. The highest BCUT2D eigenvalue weighted by molar-refractivity contribution is 8.01. The minimum absolute atomic E-state index is 0.0155. The summed E-state index contributed by atoms with van der Waals surface area (Å²) in [6.45, 7) is 10.2. The van der Waals surface area contributed by atoms with E-state index in [1.807, 2.05) is 0 Å². The van der Waals surface area contributed by atoms with Gasteiger partial charge < -0.3 is 4.90 Å². The Morgan fingerprint density at radius 2 is 2.07 bits per heavy atom. The normalized spacial score (nSPS) is 19.7. The Kier molecular flexibility index (Phi) is 10.8. The molecular formula is C21H37N3O3S2. The molecular weight excluding hydrogens is 406 g/mol. The standard InChI is InChI=1S/C21H37N3O3S2/c1-15(2)10-11-24(18-8-6-17(7-9-18)16(3)4)21(25)23-20-22-14-19(29-20)28-13-5-12-27-26/h14-18,26H,5-13H2,1-4H3,(H,22,23,25)/t17-,18-. The molecule has 1 heterocycles. The smallest absolute Gasteiger partial charge is 0.321 e. The van der Waals surface area contributed by atoms with Crippen molar-refractivity contribution in [1.82, 2.24) is 9.88 Å². The molecule has 0 saturated heterocycles. The Hall–Kier alpha value is -0.830. The van der Waals surface area contributed by atoms with Gasteiger partial charge in [-0.1, -0.05) is 39.0 Å². The summed E-state index contributed by atoms with van der Waals surface area (Å²) >= 11 is 3.16. The van der Waals surface area contributed by atoms with E-state index in [2.05, 4.69) is 47.8 Å². The molecule has 0 bridgehead atoms. The van der Waals surface area contributed by atoms with Gasteiger partial charge in [0.05, 0.1) is 17.0 Å². The number of rotatable bonds is 11. The van der Waals surface area contributed by atoms with Gasteiger partial charge in [0.15, 0.2) is 5.13 Å². The summed E-state index contributed by atoms with van der Waals surface area (Å²) in [6.07, 6.45) is 8.20. The maximum absolute atomic E-state index is 13.1. The lowest BCUT2D eigenvalue weighted by atomic mass is 9.79. The van der Waals surface area contributed by atoms with E-state index in [0.717, 1.165) is 54.0 Å². The van der Waals surface area contributed by atoms with Crippen LogP contribution in [0.5, 0.6) is 0 Å². The number of hydrogen-bond acceptors (Lipinski definition) is 6. The predicted molar refractivity (Wildman–Crippen MR) is 122 cm³/mol. The van der Waals surface area contributed by atoms with Crippen molar-refractivity contribution >= 4 is 34.3 Å². The van der Waals surface area contributed by atoms with Crippen LogP contribution in [0.2, 0.25) is 0 Å². The number of anilines is 1. The van der Waals surface area contributed by atoms with Crippen molar-refractivity contribution in [3.8, 4) is 0 Å². The van der Waals surface area contributed by atoms with Crippen molar-refractivity contribution in [2.75, 3.05) is 24.2 Å². The van der Waals surface area contributed by atoms with Gasteiger partial charge in [-0.3, -0.25) is 10.6 Å². The Balaban J connectivity index is 1.92. The third-order valence-electron chi connectivity index (χ3n) is 5.66. The first-order chi connectivity index (χ1) is 13.9. The number of aromatic nitrogens is 1. The zero-order valence-electron chi connectivity index (χ0n) is 18.2. The summed E-state index contributed by atoms with van der Waals surface area (Å²) in [6, 6.07) is 0.314. The van der Waals surface area contributed by atoms with Crippen molar-refractivity contribution in [3.63, 3.8) is 0 Å². The fourth-order valence-corrected chi connectivity index (χ4v) is 5.62. The molecule has 1 aromatic heterocycles. The van der Waals surface area contributed by atoms with Crippen molar-refractivity contribution in [2.45, 2.75) is 76.5 Å². The summed E-state index contributed by atoms with van der Waals surface area (Å²) in [5.74, 6) is 2.93. The number of amides is 2. The lowest BCUT2D eigenvalue weighted by molar-refractivity contribution is -0.241. The molecule has 1 saturated carbocycles. The average molecular weight is 444 g/mol. The molecule has 0 spiro atoms. The zero-order valence-corrected chi connectivity index (χ0v) is 19.9. The van der Waals surface area contributed by atoms with E-state index in [1.165, 1.54) is 24.2 Å². The van der Waals surface area contributed by atoms with Gasteiger partial charge in [-0.25, -0.2) is 14.7 Å². The fraction of sp³-hybridized carbons (Fsp3) is 0.810. The second-order valence-corrected chi connectivity index (χ2v) is 11.1. The SMILES string of the molecule is CC(C)CCN(C(=O)Nc1ncc(SCCCOO)s1)[C@H]1CC[C@H](C(C)C)CC1. The minimum atomic E-state index is -0.0155. The van der Waals surface area contributed by atoms with Gasteiger partial charge in [-0.2, -0.15) is 0 Å². The monoisotopic (exact) mass is 443 g/mol. The lowest BCUT2D eigenvalue weighted by Crippen LogP contribution is -2.45. The minimum Gasteiger partial charge on any atom is -0.321 e. The Bertz CT molecular complexity index is 602. The van der Waals surface area contributed by atoms with Crippen LogP contribution in [0.3, 0.4) is 0 Å². The number of hydrogen-bond donors (Lipinski definition) is 2. The molecule has 1 aliphatic rings. The average Bonchev–Trinajstić information content (AvgIpc) is 3.12. The zero-order chi connectivity index (χ0) is 21.2. The Morgan fingerprint density at radius 1 is 1.34 bits per heavy atom. The molecule has 166 valence electrons. The van der Waals surface area contributed by atoms with Gasteiger partial charge >= 0.3 is 6.03 Å². The Labute approximate surface area is 183 Å². The van der Waals surface area contributed by atoms with Crippen LogP contribution >= 0.6 is 23.1 Å². The summed E-state index contributed by atoms with van der Waals surface area (Å²) in [4.78, 5) is 23.6. The highest BCUT2D eigenvalue weighted by atomic mass is 32.2. The van der Waals surface area contributed by atoms with Crippen LogP contribution in [0.25, 0.3) is 0 Å². The number of urea groups is 1. The second kappa shape index (κ2) is 12.8. The van der Waals surface area contributed by atoms with Crippen molar-refractivity contribution in [3.05, 3.63) is 6.20 Å². The summed E-state index contributed by atoms with van der Waals surface area (Å²) < 4.78 is 1.06. The molecule has 0 unspecified atom stereocenters. The van der Waals surface area contributed by atoms with Gasteiger partial charge in [-0.05, 0) is 56.3 Å². The van der Waals surface area contributed by atoms with Crippen LogP contribution in [0.1, 0.15) is 66.2 Å². The summed E-state index contributed by atoms with van der Waals surface area (Å²) in [7, 11) is 0. The van der Waals surface area contributed by atoms with E-state index in [-0.39, 0.29) is 6.03 Å². The number of nitrogens with one attached hydrogen (secondary N) is 1. The molecule has 0 radical (unpaired) electrons. The molecule has 2 amide bonds. The van der Waals surface area contributed by atoms with Crippen LogP contribution in [0.4, 0.5) is 9.93 Å². The lowest BCUT2D eigenvalue weighted by Gasteiger charge is -2.38. The maximum atomic E-state index is 13.1. The van der Waals surface area contributed by atoms with Crippen LogP contribution in [0.15, 0.2) is 10.4 Å². The number of thioether (sulfide) groups is 1. The number of carbonyl (C=O) groups is 1. The molecule has 1 fully saturated rings. The van der Waals surface area contributed by atoms with Gasteiger partial charge in [0.2, 0.25) is 0 Å². The van der Waals surface area contributed by atoms with E-state index in [0.29, 0.717) is 23.7 Å². The van der Waals surface area contributed by atoms with Crippen molar-refractivity contribution in [1.29, 1.82) is 0 Å². The summed E-state index contributed by atoms with van der Waals surface area (Å²) in [5.41, 5.74) is 0. The van der Waals surface area contributed by atoms with Crippen LogP contribution in [-0.4, -0.2) is 46.1 Å². The summed E-state index contributed by atoms with van der Waals surface area (Å²) in [5, 5.41) is 12.1. The molecule has 2 N–H and O–H groups in total. The predicted octanol–water partition coefficient (Wildman–Crippen LogP) is 6.21. The van der Waals surface area contributed by atoms with E-state index in [4.69, 9.17) is 5.26 Å². The number of carbonyl (C=O) groups excluding carboxylic acids is 1. The van der Waals surface area contributed by atoms with Gasteiger partial charge in [0.25, 0.3) is 0 Å². The third-order valence-corrected chi connectivity index (χ3v) is 7.85. The molecule has 0 aliphatic heterocycles. The fourth-order valence-electron chi connectivity index (χ4n) is 3.77. The third kappa shape index (κ3) is 8.44. The first-order valence-electron chi connectivity index (χ1n) is 10.8. The quantitative estimate of drug-likeness (QED) is 0.184. The molecule has 0 atom stereocenters. The molecule has 2 rings (SSSR count). The second-order valence-electron chi connectivity index (χ2n) is 8.64. The Morgan fingerprint density at radius 3 is 2.69 bits per heavy atom. The van der Waals surface area contributed by atoms with E-state index in [1.54, 1.807) is 18.0 Å². The van der Waals surface area contributed by atoms with Crippen LogP contribution in [-0.2, 0) is 4.89 Å². The molecule has 1 aliphatic carbocycles. The largest absolute Gasteiger partial charge is 0.323 e. The number of thiazole rings is 1. The highest BCUT2D eigenvalue weighted by Gasteiger charge is 2.30. The van der Waals surface area contributed by atoms with Crippen LogP contribution in [0, 0.1) is 17.8 Å². The van der Waals surface area contributed by atoms with E-state index in [9.17, 15) is 4.79 Å².